The number of piperidine rings is 1. The van der Waals surface area contributed by atoms with Gasteiger partial charge in [0.2, 0.25) is 0 Å². The van der Waals surface area contributed by atoms with E-state index < -0.39 is 24.0 Å². The van der Waals surface area contributed by atoms with Crippen molar-refractivity contribution in [1.82, 2.24) is 20.2 Å². The first-order valence-electron chi connectivity index (χ1n) is 10.1. The normalized spacial score (nSPS) is 19.3. The van der Waals surface area contributed by atoms with Crippen molar-refractivity contribution in [3.8, 4) is 0 Å². The molecule has 4 rings (SSSR count). The summed E-state index contributed by atoms with van der Waals surface area (Å²) in [6.45, 7) is 2.47. The predicted octanol–water partition coefficient (Wildman–Crippen LogP) is 0.492. The van der Waals surface area contributed by atoms with E-state index in [1.54, 1.807) is 29.9 Å². The molecule has 1 fully saturated rings. The highest BCUT2D eigenvalue weighted by molar-refractivity contribution is 7.16. The van der Waals surface area contributed by atoms with Gasteiger partial charge in [0.05, 0.1) is 5.39 Å². The fourth-order valence-corrected chi connectivity index (χ4v) is 4.58. The smallest absolute Gasteiger partial charge is 0.258 e. The van der Waals surface area contributed by atoms with E-state index in [2.05, 4.69) is 20.2 Å². The van der Waals surface area contributed by atoms with Crippen molar-refractivity contribution >= 4 is 39.2 Å². The Morgan fingerprint density at radius 3 is 2.73 bits per heavy atom. The van der Waals surface area contributed by atoms with Crippen LogP contribution in [0.3, 0.4) is 0 Å². The van der Waals surface area contributed by atoms with Crippen LogP contribution in [-0.4, -0.2) is 75.3 Å². The van der Waals surface area contributed by atoms with E-state index in [4.69, 9.17) is 0 Å². The lowest BCUT2D eigenvalue weighted by Crippen LogP contribution is -2.50. The number of carbonyl (C=O) groups excluding carboxylic acids is 2. The Morgan fingerprint density at radius 1 is 1.20 bits per heavy atom. The van der Waals surface area contributed by atoms with Gasteiger partial charge in [0, 0.05) is 32.4 Å². The minimum Gasteiger partial charge on any atom is -0.380 e. The third-order valence-corrected chi connectivity index (χ3v) is 6.47. The maximum absolute atomic E-state index is 12.2. The average Bonchev–Trinajstić information content (AvgIpc) is 3.48. The molecule has 0 aliphatic carbocycles. The minimum absolute atomic E-state index is 0.256. The van der Waals surface area contributed by atoms with Gasteiger partial charge < -0.3 is 25.3 Å². The first kappa shape index (κ1) is 20.7. The van der Waals surface area contributed by atoms with Gasteiger partial charge in [0.1, 0.15) is 17.0 Å². The number of fused-ring (bicyclic) bond motifs is 1. The Morgan fingerprint density at radius 2 is 2.00 bits per heavy atom. The van der Waals surface area contributed by atoms with Gasteiger partial charge in [-0.25, -0.2) is 9.97 Å². The molecule has 0 unspecified atom stereocenters. The van der Waals surface area contributed by atoms with Gasteiger partial charge in [-0.2, -0.15) is 0 Å². The van der Waals surface area contributed by atoms with Crippen LogP contribution in [0.25, 0.3) is 10.2 Å². The summed E-state index contributed by atoms with van der Waals surface area (Å²) in [5.74, 6) is -0.190. The second kappa shape index (κ2) is 9.07. The fourth-order valence-electron chi connectivity index (χ4n) is 3.85. The predicted molar refractivity (Wildman–Crippen MR) is 113 cm³/mol. The number of thiophene rings is 1. The number of rotatable bonds is 6. The Hall–Kier alpha value is -2.56. The standard InChI is InChI=1S/C20H25N5O4S/c26-15(16(27)20(29)25-6-1-2-7-25)18(28)21-11-13-3-8-24(9-4-13)17-14-5-10-30-19(14)23-12-22-17/h1,5-6,10,12-13,15-16,26-27H,2-4,7-9,11H2,(H,21,28)/t15-,16-/m1/s1. The molecule has 1 saturated heterocycles. The first-order valence-corrected chi connectivity index (χ1v) is 11.0. The number of carbonyl (C=O) groups is 2. The van der Waals surface area contributed by atoms with Gasteiger partial charge in [-0.3, -0.25) is 9.59 Å². The number of hydrogen-bond acceptors (Lipinski definition) is 8. The van der Waals surface area contributed by atoms with Gasteiger partial charge >= 0.3 is 0 Å². The first-order chi connectivity index (χ1) is 14.5. The molecular weight excluding hydrogens is 406 g/mol. The molecule has 9 nitrogen and oxygen atoms in total. The number of hydrogen-bond donors (Lipinski definition) is 3. The van der Waals surface area contributed by atoms with Crippen molar-refractivity contribution in [1.29, 1.82) is 0 Å². The van der Waals surface area contributed by atoms with Crippen LogP contribution < -0.4 is 10.2 Å². The van der Waals surface area contributed by atoms with Crippen LogP contribution in [-0.2, 0) is 9.59 Å². The molecule has 2 aliphatic rings. The number of nitrogens with one attached hydrogen (secondary N) is 1. The van der Waals surface area contributed by atoms with E-state index in [1.807, 2.05) is 11.4 Å². The SMILES string of the molecule is O=C(NCC1CCN(c2ncnc3sccc23)CC1)[C@H](O)[C@@H](O)C(=O)N1C=CCC1. The molecule has 2 aromatic heterocycles. The van der Waals surface area contributed by atoms with E-state index in [1.165, 1.54) is 4.90 Å². The van der Waals surface area contributed by atoms with Crippen molar-refractivity contribution in [2.24, 2.45) is 5.92 Å². The van der Waals surface area contributed by atoms with Crippen LogP contribution in [0.15, 0.2) is 30.0 Å². The summed E-state index contributed by atoms with van der Waals surface area (Å²) >= 11 is 1.59. The molecular formula is C20H25N5O4S. The molecule has 2 aromatic rings. The molecule has 0 saturated carbocycles. The topological polar surface area (TPSA) is 119 Å². The Bertz CT molecular complexity index is 940. The molecule has 2 atom stereocenters. The lowest BCUT2D eigenvalue weighted by Gasteiger charge is -2.33. The molecule has 2 amide bonds. The average molecular weight is 432 g/mol. The summed E-state index contributed by atoms with van der Waals surface area (Å²) < 4.78 is 0. The largest absolute Gasteiger partial charge is 0.380 e. The van der Waals surface area contributed by atoms with Crippen LogP contribution >= 0.6 is 11.3 Å². The Kier molecular flexibility index (Phi) is 6.26. The summed E-state index contributed by atoms with van der Waals surface area (Å²) in [4.78, 5) is 37.6. The molecule has 160 valence electrons. The molecule has 30 heavy (non-hydrogen) atoms. The molecule has 0 bridgehead atoms. The quantitative estimate of drug-likeness (QED) is 0.609. The third-order valence-electron chi connectivity index (χ3n) is 5.65. The van der Waals surface area contributed by atoms with Crippen molar-refractivity contribution in [2.75, 3.05) is 31.1 Å². The number of amides is 2. The zero-order valence-electron chi connectivity index (χ0n) is 16.5. The molecule has 10 heteroatoms. The zero-order valence-corrected chi connectivity index (χ0v) is 17.3. The van der Waals surface area contributed by atoms with Crippen LogP contribution in [0, 0.1) is 5.92 Å². The van der Waals surface area contributed by atoms with E-state index in [0.717, 1.165) is 42.0 Å². The maximum Gasteiger partial charge on any atom is 0.258 e. The van der Waals surface area contributed by atoms with E-state index in [0.29, 0.717) is 19.5 Å². The number of aliphatic hydroxyl groups is 2. The minimum atomic E-state index is -1.78. The molecule has 0 spiro atoms. The van der Waals surface area contributed by atoms with Crippen LogP contribution in [0.1, 0.15) is 19.3 Å². The Labute approximate surface area is 178 Å². The number of aromatic nitrogens is 2. The Balaban J connectivity index is 1.25. The molecule has 0 aromatic carbocycles. The monoisotopic (exact) mass is 431 g/mol. The summed E-state index contributed by atoms with van der Waals surface area (Å²) in [7, 11) is 0. The summed E-state index contributed by atoms with van der Waals surface area (Å²) in [6, 6.07) is 2.04. The van der Waals surface area contributed by atoms with Crippen molar-refractivity contribution in [3.63, 3.8) is 0 Å². The van der Waals surface area contributed by atoms with E-state index >= 15 is 0 Å². The molecule has 0 radical (unpaired) electrons. The van der Waals surface area contributed by atoms with Crippen molar-refractivity contribution < 1.29 is 19.8 Å². The second-order valence-electron chi connectivity index (χ2n) is 7.61. The van der Waals surface area contributed by atoms with Crippen molar-refractivity contribution in [3.05, 3.63) is 30.0 Å². The highest BCUT2D eigenvalue weighted by Gasteiger charge is 2.33. The maximum atomic E-state index is 12.2. The number of anilines is 1. The van der Waals surface area contributed by atoms with E-state index in [9.17, 15) is 19.8 Å². The second-order valence-corrected chi connectivity index (χ2v) is 8.50. The van der Waals surface area contributed by atoms with Crippen LogP contribution in [0.2, 0.25) is 0 Å². The number of aliphatic hydroxyl groups excluding tert-OH is 2. The van der Waals surface area contributed by atoms with Crippen molar-refractivity contribution in [2.45, 2.75) is 31.5 Å². The van der Waals surface area contributed by atoms with Gasteiger partial charge in [-0.05, 0) is 36.6 Å². The van der Waals surface area contributed by atoms with Gasteiger partial charge in [0.15, 0.2) is 12.2 Å². The van der Waals surface area contributed by atoms with Crippen LogP contribution in [0.5, 0.6) is 0 Å². The number of nitrogens with zero attached hydrogens (tertiary/aromatic N) is 4. The fraction of sp³-hybridized carbons (Fsp3) is 0.500. The third kappa shape index (κ3) is 4.30. The summed E-state index contributed by atoms with van der Waals surface area (Å²) in [6.07, 6.45) is 3.84. The zero-order chi connectivity index (χ0) is 21.1. The van der Waals surface area contributed by atoms with Crippen LogP contribution in [0.4, 0.5) is 5.82 Å². The lowest BCUT2D eigenvalue weighted by molar-refractivity contribution is -0.151. The summed E-state index contributed by atoms with van der Waals surface area (Å²) in [5, 5.41) is 25.8. The van der Waals surface area contributed by atoms with Gasteiger partial charge in [-0.15, -0.1) is 11.3 Å². The highest BCUT2D eigenvalue weighted by Crippen LogP contribution is 2.29. The van der Waals surface area contributed by atoms with Gasteiger partial charge in [-0.1, -0.05) is 6.08 Å². The molecule has 4 heterocycles. The van der Waals surface area contributed by atoms with Gasteiger partial charge in [0.25, 0.3) is 11.8 Å². The molecule has 2 aliphatic heterocycles. The lowest BCUT2D eigenvalue weighted by atomic mass is 9.96. The summed E-state index contributed by atoms with van der Waals surface area (Å²) in [5.41, 5.74) is 0. The molecule has 3 N–H and O–H groups in total. The van der Waals surface area contributed by atoms with E-state index in [-0.39, 0.29) is 5.92 Å². The highest BCUT2D eigenvalue weighted by atomic mass is 32.1.